The van der Waals surface area contributed by atoms with Gasteiger partial charge in [-0.3, -0.25) is 10.1 Å². The van der Waals surface area contributed by atoms with E-state index >= 15 is 0 Å². The SMILES string of the molecule is Cc1ccc(COC(=O)Oc2ccccc2C(=O)Nc2ncc(S(C)(=O)=O)s2)cc1. The largest absolute Gasteiger partial charge is 0.514 e. The maximum atomic E-state index is 12.6. The number of nitrogens with zero attached hydrogens (tertiary/aromatic N) is 1. The number of thiazole rings is 1. The van der Waals surface area contributed by atoms with Crippen LogP contribution in [0.25, 0.3) is 0 Å². The van der Waals surface area contributed by atoms with E-state index in [0.717, 1.165) is 28.7 Å². The molecule has 0 saturated heterocycles. The lowest BCUT2D eigenvalue weighted by atomic mass is 10.2. The van der Waals surface area contributed by atoms with Crippen molar-refractivity contribution in [1.82, 2.24) is 4.98 Å². The highest BCUT2D eigenvalue weighted by Gasteiger charge is 2.18. The van der Waals surface area contributed by atoms with Crippen molar-refractivity contribution in [2.45, 2.75) is 17.7 Å². The zero-order chi connectivity index (χ0) is 21.7. The molecular weight excluding hydrogens is 428 g/mol. The van der Waals surface area contributed by atoms with E-state index in [2.05, 4.69) is 10.3 Å². The number of carbonyl (C=O) groups is 2. The minimum atomic E-state index is -3.42. The number of aryl methyl sites for hydroxylation is 1. The van der Waals surface area contributed by atoms with E-state index in [-0.39, 0.29) is 27.3 Å². The van der Waals surface area contributed by atoms with Gasteiger partial charge in [-0.05, 0) is 24.6 Å². The van der Waals surface area contributed by atoms with E-state index in [1.54, 1.807) is 12.1 Å². The summed E-state index contributed by atoms with van der Waals surface area (Å²) in [5, 5.41) is 2.61. The van der Waals surface area contributed by atoms with E-state index in [0.29, 0.717) is 0 Å². The smallest absolute Gasteiger partial charge is 0.429 e. The van der Waals surface area contributed by atoms with Crippen molar-refractivity contribution >= 4 is 38.4 Å². The Balaban J connectivity index is 1.66. The van der Waals surface area contributed by atoms with Crippen LogP contribution in [0.5, 0.6) is 5.75 Å². The fourth-order valence-corrected chi connectivity index (χ4v) is 3.97. The Hall–Kier alpha value is -3.24. The zero-order valence-electron chi connectivity index (χ0n) is 16.1. The highest BCUT2D eigenvalue weighted by atomic mass is 32.2. The van der Waals surface area contributed by atoms with Crippen LogP contribution in [-0.2, 0) is 21.2 Å². The van der Waals surface area contributed by atoms with Gasteiger partial charge in [-0.2, -0.15) is 0 Å². The number of hydrogen-bond acceptors (Lipinski definition) is 8. The van der Waals surface area contributed by atoms with Gasteiger partial charge in [0.05, 0.1) is 11.8 Å². The van der Waals surface area contributed by atoms with Gasteiger partial charge in [0.15, 0.2) is 15.0 Å². The summed E-state index contributed by atoms with van der Waals surface area (Å²) < 4.78 is 33.4. The molecule has 0 aliphatic carbocycles. The lowest BCUT2D eigenvalue weighted by Gasteiger charge is -2.10. The summed E-state index contributed by atoms with van der Waals surface area (Å²) in [6.45, 7) is 1.98. The first-order valence-electron chi connectivity index (χ1n) is 8.69. The molecule has 8 nitrogen and oxygen atoms in total. The van der Waals surface area contributed by atoms with Crippen LogP contribution in [0.15, 0.2) is 58.9 Å². The number of benzene rings is 2. The van der Waals surface area contributed by atoms with Crippen LogP contribution in [0, 0.1) is 6.92 Å². The third-order valence-electron chi connectivity index (χ3n) is 3.87. The van der Waals surface area contributed by atoms with Crippen LogP contribution in [-0.4, -0.2) is 31.7 Å². The van der Waals surface area contributed by atoms with Gasteiger partial charge in [0.2, 0.25) is 0 Å². The van der Waals surface area contributed by atoms with Crippen molar-refractivity contribution in [2.75, 3.05) is 11.6 Å². The summed E-state index contributed by atoms with van der Waals surface area (Å²) in [5.74, 6) is -0.602. The number of amides is 1. The molecule has 3 rings (SSSR count). The quantitative estimate of drug-likeness (QED) is 0.452. The maximum Gasteiger partial charge on any atom is 0.514 e. The van der Waals surface area contributed by atoms with Crippen molar-refractivity contribution < 1.29 is 27.5 Å². The Morgan fingerprint density at radius 1 is 1.10 bits per heavy atom. The molecule has 0 aliphatic rings. The Morgan fingerprint density at radius 3 is 2.47 bits per heavy atom. The molecular formula is C20H18N2O6S2. The molecule has 0 fully saturated rings. The molecule has 3 aromatic rings. The first kappa shape index (κ1) is 21.5. The van der Waals surface area contributed by atoms with Gasteiger partial charge in [0.25, 0.3) is 5.91 Å². The number of rotatable bonds is 6. The second kappa shape index (κ2) is 9.06. The lowest BCUT2D eigenvalue weighted by Crippen LogP contribution is -2.16. The first-order valence-corrected chi connectivity index (χ1v) is 11.4. The monoisotopic (exact) mass is 446 g/mol. The molecule has 0 atom stereocenters. The van der Waals surface area contributed by atoms with Crippen LogP contribution in [0.4, 0.5) is 9.93 Å². The van der Waals surface area contributed by atoms with Gasteiger partial charge in [-0.1, -0.05) is 53.3 Å². The van der Waals surface area contributed by atoms with E-state index in [1.807, 2.05) is 31.2 Å². The van der Waals surface area contributed by atoms with Crippen LogP contribution in [0.3, 0.4) is 0 Å². The second-order valence-corrected chi connectivity index (χ2v) is 9.61. The fraction of sp³-hybridized carbons (Fsp3) is 0.150. The molecule has 0 unspecified atom stereocenters. The average molecular weight is 447 g/mol. The number of sulfone groups is 1. The standard InChI is InChI=1S/C20H18N2O6S2/c1-13-7-9-14(10-8-13)12-27-20(24)28-16-6-4-3-5-15(16)18(23)22-19-21-11-17(29-19)30(2,25)26/h3-11H,12H2,1-2H3,(H,21,22,23). The summed E-state index contributed by atoms with van der Waals surface area (Å²) in [6, 6.07) is 13.6. The van der Waals surface area contributed by atoms with Gasteiger partial charge in [0, 0.05) is 6.26 Å². The Bertz CT molecular complexity index is 1170. The molecule has 0 aliphatic heterocycles. The first-order chi connectivity index (χ1) is 14.2. The summed E-state index contributed by atoms with van der Waals surface area (Å²) in [4.78, 5) is 28.5. The highest BCUT2D eigenvalue weighted by molar-refractivity contribution is 7.92. The van der Waals surface area contributed by atoms with Crippen molar-refractivity contribution in [3.05, 3.63) is 71.4 Å². The topological polar surface area (TPSA) is 112 Å². The van der Waals surface area contributed by atoms with E-state index < -0.39 is 21.9 Å². The minimum Gasteiger partial charge on any atom is -0.429 e. The third-order valence-corrected chi connectivity index (χ3v) is 6.57. The fourth-order valence-electron chi connectivity index (χ4n) is 2.34. The van der Waals surface area contributed by atoms with Gasteiger partial charge in [-0.15, -0.1) is 0 Å². The van der Waals surface area contributed by atoms with Crippen LogP contribution in [0.1, 0.15) is 21.5 Å². The minimum absolute atomic E-state index is 0.00352. The van der Waals surface area contributed by atoms with E-state index in [9.17, 15) is 18.0 Å². The van der Waals surface area contributed by atoms with Crippen molar-refractivity contribution in [3.8, 4) is 5.75 Å². The van der Waals surface area contributed by atoms with Gasteiger partial charge < -0.3 is 9.47 Å². The Kier molecular flexibility index (Phi) is 6.48. The molecule has 1 N–H and O–H groups in total. The number of nitrogens with one attached hydrogen (secondary N) is 1. The second-order valence-electron chi connectivity index (χ2n) is 6.33. The van der Waals surface area contributed by atoms with Gasteiger partial charge >= 0.3 is 6.16 Å². The van der Waals surface area contributed by atoms with Crippen LogP contribution >= 0.6 is 11.3 Å². The molecule has 0 bridgehead atoms. The summed E-state index contributed by atoms with van der Waals surface area (Å²) in [7, 11) is -3.42. The van der Waals surface area contributed by atoms with Crippen molar-refractivity contribution in [1.29, 1.82) is 0 Å². The number of ether oxygens (including phenoxy) is 2. The van der Waals surface area contributed by atoms with Crippen LogP contribution < -0.4 is 10.1 Å². The number of carbonyl (C=O) groups excluding carboxylic acids is 2. The molecule has 0 spiro atoms. The maximum absolute atomic E-state index is 12.6. The normalized spacial score (nSPS) is 11.0. The number of para-hydroxylation sites is 1. The molecule has 0 saturated carbocycles. The summed E-state index contributed by atoms with van der Waals surface area (Å²) >= 11 is 0.826. The molecule has 0 radical (unpaired) electrons. The molecule has 1 heterocycles. The van der Waals surface area contributed by atoms with Crippen LogP contribution in [0.2, 0.25) is 0 Å². The van der Waals surface area contributed by atoms with Gasteiger partial charge in [0.1, 0.15) is 16.6 Å². The Labute approximate surface area is 177 Å². The number of hydrogen-bond donors (Lipinski definition) is 1. The third kappa shape index (κ3) is 5.65. The lowest BCUT2D eigenvalue weighted by molar-refractivity contribution is 0.0915. The number of aromatic nitrogens is 1. The van der Waals surface area contributed by atoms with Crippen molar-refractivity contribution in [3.63, 3.8) is 0 Å². The molecule has 1 amide bonds. The molecule has 156 valence electrons. The summed E-state index contributed by atoms with van der Waals surface area (Å²) in [6.07, 6.45) is 1.27. The molecule has 30 heavy (non-hydrogen) atoms. The van der Waals surface area contributed by atoms with Crippen molar-refractivity contribution in [2.24, 2.45) is 0 Å². The van der Waals surface area contributed by atoms with Gasteiger partial charge in [-0.25, -0.2) is 18.2 Å². The summed E-state index contributed by atoms with van der Waals surface area (Å²) in [5.41, 5.74) is 1.96. The van der Waals surface area contributed by atoms with E-state index in [4.69, 9.17) is 9.47 Å². The highest BCUT2D eigenvalue weighted by Crippen LogP contribution is 2.25. The number of anilines is 1. The molecule has 2 aromatic carbocycles. The predicted octanol–water partition coefficient (Wildman–Crippen LogP) is 3.82. The average Bonchev–Trinajstić information content (AvgIpc) is 3.17. The Morgan fingerprint density at radius 2 is 1.80 bits per heavy atom. The predicted molar refractivity (Wildman–Crippen MR) is 112 cm³/mol. The molecule has 10 heteroatoms. The van der Waals surface area contributed by atoms with E-state index in [1.165, 1.54) is 18.3 Å². The zero-order valence-corrected chi connectivity index (χ0v) is 17.7. The molecule has 1 aromatic heterocycles.